The predicted molar refractivity (Wildman–Crippen MR) is 69.4 cm³/mol. The first kappa shape index (κ1) is 10.7. The molecule has 0 aromatic carbocycles. The lowest BCUT2D eigenvalue weighted by Gasteiger charge is -2.12. The van der Waals surface area contributed by atoms with Crippen LogP contribution in [0.15, 0.2) is 24.4 Å². The Morgan fingerprint density at radius 1 is 1.41 bits per heavy atom. The van der Waals surface area contributed by atoms with E-state index in [4.69, 9.17) is 11.6 Å². The molecule has 2 N–H and O–H groups in total. The van der Waals surface area contributed by atoms with E-state index in [1.807, 2.05) is 12.3 Å². The number of hydrogen-bond acceptors (Lipinski definition) is 4. The molecule has 17 heavy (non-hydrogen) atoms. The van der Waals surface area contributed by atoms with Gasteiger partial charge in [0.05, 0.1) is 11.9 Å². The number of fused-ring (bicyclic) bond motifs is 1. The molecule has 1 aliphatic rings. The maximum atomic E-state index is 5.82. The highest BCUT2D eigenvalue weighted by atomic mass is 35.5. The normalized spacial score (nSPS) is 19.7. The van der Waals surface area contributed by atoms with Crippen LogP contribution in [0.1, 0.15) is 6.42 Å². The van der Waals surface area contributed by atoms with E-state index in [-0.39, 0.29) is 0 Å². The van der Waals surface area contributed by atoms with Crippen molar-refractivity contribution in [3.05, 3.63) is 29.5 Å². The summed E-state index contributed by atoms with van der Waals surface area (Å²) in [5.74, 6) is 0. The maximum absolute atomic E-state index is 5.82. The number of rotatable bonds is 2. The lowest BCUT2D eigenvalue weighted by atomic mass is 10.2. The zero-order valence-electron chi connectivity index (χ0n) is 9.28. The summed E-state index contributed by atoms with van der Waals surface area (Å²) in [5, 5.41) is 8.27. The van der Waals surface area contributed by atoms with Gasteiger partial charge in [0.15, 0.2) is 5.65 Å². The summed E-state index contributed by atoms with van der Waals surface area (Å²) in [6.45, 7) is 2.09. The minimum Gasteiger partial charge on any atom is -0.380 e. The van der Waals surface area contributed by atoms with Crippen molar-refractivity contribution < 1.29 is 0 Å². The summed E-state index contributed by atoms with van der Waals surface area (Å²) in [4.78, 5) is 8.47. The molecule has 0 radical (unpaired) electrons. The lowest BCUT2D eigenvalue weighted by Crippen LogP contribution is -2.22. The molecule has 1 aliphatic heterocycles. The lowest BCUT2D eigenvalue weighted by molar-refractivity contribution is 0.793. The van der Waals surface area contributed by atoms with Gasteiger partial charge in [-0.1, -0.05) is 11.6 Å². The van der Waals surface area contributed by atoms with Gasteiger partial charge in [-0.2, -0.15) is 0 Å². The minimum absolute atomic E-state index is 0.478. The van der Waals surface area contributed by atoms with Gasteiger partial charge in [-0.05, 0) is 31.2 Å². The molecule has 2 aromatic rings. The Morgan fingerprint density at radius 3 is 3.18 bits per heavy atom. The fraction of sp³-hybridized carbons (Fsp3) is 0.333. The van der Waals surface area contributed by atoms with Crippen LogP contribution in [0.5, 0.6) is 0 Å². The van der Waals surface area contributed by atoms with E-state index in [1.54, 1.807) is 6.07 Å². The first-order valence-electron chi connectivity index (χ1n) is 5.71. The van der Waals surface area contributed by atoms with Crippen molar-refractivity contribution in [2.75, 3.05) is 18.4 Å². The summed E-state index contributed by atoms with van der Waals surface area (Å²) >= 11 is 5.82. The zero-order chi connectivity index (χ0) is 11.7. The van der Waals surface area contributed by atoms with Crippen LogP contribution in [0.3, 0.4) is 0 Å². The van der Waals surface area contributed by atoms with E-state index < -0.39 is 0 Å². The van der Waals surface area contributed by atoms with Gasteiger partial charge in [-0.25, -0.2) is 9.97 Å². The van der Waals surface area contributed by atoms with Crippen molar-refractivity contribution in [3.63, 3.8) is 0 Å². The summed E-state index contributed by atoms with van der Waals surface area (Å²) in [5.41, 5.74) is 1.72. The molecule has 3 rings (SSSR count). The molecule has 5 heteroatoms. The number of anilines is 1. The Hall–Kier alpha value is -1.39. The molecule has 0 aliphatic carbocycles. The van der Waals surface area contributed by atoms with Crippen LogP contribution >= 0.6 is 11.6 Å². The standard InChI is InChI=1S/C12H13ClN4/c13-11-2-1-8-5-10(7-15-12(8)17-11)16-9-3-4-14-6-9/h1-2,5,7,9,14,16H,3-4,6H2/t9-/m0/s1. The molecule has 2 aromatic heterocycles. The quantitative estimate of drug-likeness (QED) is 0.799. The van der Waals surface area contributed by atoms with Gasteiger partial charge in [0.1, 0.15) is 5.15 Å². The predicted octanol–water partition coefficient (Wildman–Crippen LogP) is 2.06. The molecular weight excluding hydrogens is 236 g/mol. The second-order valence-corrected chi connectivity index (χ2v) is 4.63. The monoisotopic (exact) mass is 248 g/mol. The minimum atomic E-state index is 0.478. The molecule has 0 spiro atoms. The van der Waals surface area contributed by atoms with Crippen molar-refractivity contribution in [1.82, 2.24) is 15.3 Å². The molecular formula is C12H13ClN4. The van der Waals surface area contributed by atoms with Crippen molar-refractivity contribution >= 4 is 28.3 Å². The Bertz CT molecular complexity index is 537. The third-order valence-corrected chi connectivity index (χ3v) is 3.15. The van der Waals surface area contributed by atoms with Gasteiger partial charge >= 0.3 is 0 Å². The van der Waals surface area contributed by atoms with E-state index in [0.29, 0.717) is 16.8 Å². The van der Waals surface area contributed by atoms with Crippen molar-refractivity contribution in [3.8, 4) is 0 Å². The molecule has 88 valence electrons. The van der Waals surface area contributed by atoms with Gasteiger partial charge < -0.3 is 10.6 Å². The van der Waals surface area contributed by atoms with Crippen LogP contribution in [-0.4, -0.2) is 29.1 Å². The highest BCUT2D eigenvalue weighted by Gasteiger charge is 2.13. The molecule has 4 nitrogen and oxygen atoms in total. The van der Waals surface area contributed by atoms with Gasteiger partial charge in [-0.3, -0.25) is 0 Å². The number of nitrogens with one attached hydrogen (secondary N) is 2. The highest BCUT2D eigenvalue weighted by molar-refractivity contribution is 6.29. The Labute approximate surface area is 104 Å². The van der Waals surface area contributed by atoms with Crippen LogP contribution < -0.4 is 10.6 Å². The van der Waals surface area contributed by atoms with Gasteiger partial charge in [-0.15, -0.1) is 0 Å². The highest BCUT2D eigenvalue weighted by Crippen LogP contribution is 2.18. The number of nitrogens with zero attached hydrogens (tertiary/aromatic N) is 2. The third-order valence-electron chi connectivity index (χ3n) is 2.94. The maximum Gasteiger partial charge on any atom is 0.160 e. The molecule has 0 unspecified atom stereocenters. The third kappa shape index (κ3) is 2.33. The van der Waals surface area contributed by atoms with Crippen LogP contribution in [-0.2, 0) is 0 Å². The molecule has 0 saturated carbocycles. The van der Waals surface area contributed by atoms with E-state index >= 15 is 0 Å². The topological polar surface area (TPSA) is 49.8 Å². The Balaban J connectivity index is 1.88. The molecule has 1 atom stereocenters. The second-order valence-electron chi connectivity index (χ2n) is 4.24. The first-order chi connectivity index (χ1) is 8.31. The number of aromatic nitrogens is 2. The Morgan fingerprint density at radius 2 is 2.35 bits per heavy atom. The molecule has 1 fully saturated rings. The van der Waals surface area contributed by atoms with Crippen molar-refractivity contribution in [1.29, 1.82) is 0 Å². The van der Waals surface area contributed by atoms with E-state index in [9.17, 15) is 0 Å². The zero-order valence-corrected chi connectivity index (χ0v) is 10.0. The number of pyridine rings is 2. The van der Waals surface area contributed by atoms with E-state index in [2.05, 4.69) is 26.7 Å². The average Bonchev–Trinajstić information content (AvgIpc) is 2.82. The van der Waals surface area contributed by atoms with Crippen LogP contribution in [0.25, 0.3) is 11.0 Å². The van der Waals surface area contributed by atoms with E-state index in [0.717, 1.165) is 30.6 Å². The molecule has 3 heterocycles. The molecule has 1 saturated heterocycles. The molecule has 0 amide bonds. The summed E-state index contributed by atoms with van der Waals surface area (Å²) in [7, 11) is 0. The van der Waals surface area contributed by atoms with Gasteiger partial charge in [0, 0.05) is 18.0 Å². The van der Waals surface area contributed by atoms with Crippen molar-refractivity contribution in [2.45, 2.75) is 12.5 Å². The fourth-order valence-corrected chi connectivity index (χ4v) is 2.22. The smallest absolute Gasteiger partial charge is 0.160 e. The summed E-state index contributed by atoms with van der Waals surface area (Å²) < 4.78 is 0. The Kier molecular flexibility index (Phi) is 2.82. The van der Waals surface area contributed by atoms with Crippen LogP contribution in [0.2, 0.25) is 5.15 Å². The second kappa shape index (κ2) is 4.47. The van der Waals surface area contributed by atoms with Crippen LogP contribution in [0, 0.1) is 0 Å². The van der Waals surface area contributed by atoms with Gasteiger partial charge in [0.2, 0.25) is 0 Å². The van der Waals surface area contributed by atoms with Crippen LogP contribution in [0.4, 0.5) is 5.69 Å². The van der Waals surface area contributed by atoms with Gasteiger partial charge in [0.25, 0.3) is 0 Å². The van der Waals surface area contributed by atoms with Crippen molar-refractivity contribution in [2.24, 2.45) is 0 Å². The number of halogens is 1. The fourth-order valence-electron chi connectivity index (χ4n) is 2.08. The average molecular weight is 249 g/mol. The summed E-state index contributed by atoms with van der Waals surface area (Å²) in [6.07, 6.45) is 2.96. The first-order valence-corrected chi connectivity index (χ1v) is 6.08. The van der Waals surface area contributed by atoms with E-state index in [1.165, 1.54) is 0 Å². The molecule has 0 bridgehead atoms. The number of hydrogen-bond donors (Lipinski definition) is 2. The summed E-state index contributed by atoms with van der Waals surface area (Å²) in [6, 6.07) is 6.28. The largest absolute Gasteiger partial charge is 0.380 e. The SMILES string of the molecule is Clc1ccc2cc(N[C@H]3CCNC3)cnc2n1.